The molecule has 0 fully saturated rings. The Morgan fingerprint density at radius 2 is 2.25 bits per heavy atom. The Morgan fingerprint density at radius 1 is 1.56 bits per heavy atom. The largest absolute Gasteiger partial charge is 0.359 e. The van der Waals surface area contributed by atoms with Crippen molar-refractivity contribution in [3.8, 4) is 0 Å². The first-order valence-electron chi connectivity index (χ1n) is 5.18. The van der Waals surface area contributed by atoms with Gasteiger partial charge < -0.3 is 5.32 Å². The van der Waals surface area contributed by atoms with Crippen LogP contribution in [-0.2, 0) is 0 Å². The first kappa shape index (κ1) is 12.2. The van der Waals surface area contributed by atoms with Gasteiger partial charge in [0.05, 0.1) is 4.92 Å². The third kappa shape index (κ3) is 3.73. The van der Waals surface area contributed by atoms with Crippen molar-refractivity contribution >= 4 is 11.4 Å². The molecule has 0 bridgehead atoms. The maximum atomic E-state index is 10.6. The summed E-state index contributed by atoms with van der Waals surface area (Å²) in [5.41, 5.74) is 1.66. The van der Waals surface area contributed by atoms with E-state index in [0.717, 1.165) is 12.1 Å². The van der Waals surface area contributed by atoms with Crippen molar-refractivity contribution in [2.75, 3.05) is 5.32 Å². The number of nitrogens with one attached hydrogen (secondary N) is 1. The number of nitro groups is 1. The van der Waals surface area contributed by atoms with Crippen molar-refractivity contribution in [3.63, 3.8) is 0 Å². The molecule has 1 rings (SSSR count). The standard InChI is InChI=1S/C12H16N2O2/c1-9(2)7-10(3)13-11-5-4-6-12(8-11)14(15)16/h4-6,8-9,13H,3,7H2,1-2H3. The zero-order valence-electron chi connectivity index (χ0n) is 9.56. The minimum absolute atomic E-state index is 0.0855. The molecular formula is C12H16N2O2. The smallest absolute Gasteiger partial charge is 0.271 e. The normalized spacial score (nSPS) is 10.2. The molecule has 0 aliphatic carbocycles. The molecule has 0 amide bonds. The number of rotatable bonds is 5. The van der Waals surface area contributed by atoms with Gasteiger partial charge in [0.1, 0.15) is 0 Å². The zero-order chi connectivity index (χ0) is 12.1. The molecule has 1 N–H and O–H groups in total. The third-order valence-corrected chi connectivity index (χ3v) is 2.03. The minimum Gasteiger partial charge on any atom is -0.359 e. The molecule has 0 aliphatic heterocycles. The number of non-ortho nitro benzene ring substituents is 1. The van der Waals surface area contributed by atoms with E-state index in [1.807, 2.05) is 0 Å². The van der Waals surface area contributed by atoms with Gasteiger partial charge in [-0.15, -0.1) is 0 Å². The lowest BCUT2D eigenvalue weighted by molar-refractivity contribution is -0.384. The Hall–Kier alpha value is -1.84. The molecule has 0 spiro atoms. The molecule has 0 atom stereocenters. The number of benzene rings is 1. The summed E-state index contributed by atoms with van der Waals surface area (Å²) in [4.78, 5) is 10.2. The molecule has 4 heteroatoms. The Morgan fingerprint density at radius 3 is 2.81 bits per heavy atom. The van der Waals surface area contributed by atoms with Crippen LogP contribution in [0.2, 0.25) is 0 Å². The van der Waals surface area contributed by atoms with Crippen molar-refractivity contribution in [2.45, 2.75) is 20.3 Å². The van der Waals surface area contributed by atoms with E-state index < -0.39 is 4.92 Å². The van der Waals surface area contributed by atoms with E-state index in [-0.39, 0.29) is 5.69 Å². The maximum Gasteiger partial charge on any atom is 0.271 e. The first-order valence-corrected chi connectivity index (χ1v) is 5.18. The van der Waals surface area contributed by atoms with Crippen LogP contribution in [-0.4, -0.2) is 4.92 Å². The monoisotopic (exact) mass is 220 g/mol. The van der Waals surface area contributed by atoms with Gasteiger partial charge in [-0.3, -0.25) is 10.1 Å². The van der Waals surface area contributed by atoms with Crippen molar-refractivity contribution in [1.82, 2.24) is 0 Å². The van der Waals surface area contributed by atoms with Gasteiger partial charge in [0.2, 0.25) is 0 Å². The number of anilines is 1. The highest BCUT2D eigenvalue weighted by molar-refractivity contribution is 5.53. The number of hydrogen-bond donors (Lipinski definition) is 1. The fraction of sp³-hybridized carbons (Fsp3) is 0.333. The molecule has 1 aromatic carbocycles. The summed E-state index contributed by atoms with van der Waals surface area (Å²) in [6.07, 6.45) is 0.850. The molecule has 86 valence electrons. The maximum absolute atomic E-state index is 10.6. The Balaban J connectivity index is 2.70. The fourth-order valence-electron chi connectivity index (χ4n) is 1.45. The third-order valence-electron chi connectivity index (χ3n) is 2.03. The summed E-state index contributed by atoms with van der Waals surface area (Å²) in [6, 6.07) is 6.42. The lowest BCUT2D eigenvalue weighted by Gasteiger charge is -2.11. The van der Waals surface area contributed by atoms with Crippen LogP contribution in [0.15, 0.2) is 36.5 Å². The van der Waals surface area contributed by atoms with E-state index in [4.69, 9.17) is 0 Å². The van der Waals surface area contributed by atoms with Gasteiger partial charge in [-0.25, -0.2) is 0 Å². The van der Waals surface area contributed by atoms with Gasteiger partial charge in [-0.05, 0) is 18.4 Å². The Kier molecular flexibility index (Phi) is 4.05. The van der Waals surface area contributed by atoms with E-state index >= 15 is 0 Å². The van der Waals surface area contributed by atoms with Crippen LogP contribution < -0.4 is 5.32 Å². The van der Waals surface area contributed by atoms with Crippen LogP contribution in [0.5, 0.6) is 0 Å². The van der Waals surface area contributed by atoms with E-state index in [0.29, 0.717) is 11.6 Å². The van der Waals surface area contributed by atoms with Crippen LogP contribution in [0.1, 0.15) is 20.3 Å². The average molecular weight is 220 g/mol. The molecule has 16 heavy (non-hydrogen) atoms. The van der Waals surface area contributed by atoms with Crippen LogP contribution in [0.25, 0.3) is 0 Å². The lowest BCUT2D eigenvalue weighted by atomic mass is 10.1. The molecule has 0 heterocycles. The number of nitrogens with zero attached hydrogens (tertiary/aromatic N) is 1. The molecule has 1 aromatic rings. The predicted octanol–water partition coefficient (Wildman–Crippen LogP) is 3.57. The van der Waals surface area contributed by atoms with Crippen molar-refractivity contribution in [2.24, 2.45) is 5.92 Å². The summed E-state index contributed by atoms with van der Waals surface area (Å²) >= 11 is 0. The SMILES string of the molecule is C=C(CC(C)C)Nc1cccc([N+](=O)[O-])c1. The molecule has 0 saturated heterocycles. The van der Waals surface area contributed by atoms with Gasteiger partial charge in [-0.2, -0.15) is 0 Å². The molecule has 4 nitrogen and oxygen atoms in total. The second-order valence-electron chi connectivity index (χ2n) is 4.13. The summed E-state index contributed by atoms with van der Waals surface area (Å²) in [5, 5.41) is 13.6. The van der Waals surface area contributed by atoms with Crippen molar-refractivity contribution in [3.05, 3.63) is 46.7 Å². The van der Waals surface area contributed by atoms with Crippen LogP contribution in [0, 0.1) is 16.0 Å². The van der Waals surface area contributed by atoms with Gasteiger partial charge in [0, 0.05) is 23.5 Å². The van der Waals surface area contributed by atoms with Crippen molar-refractivity contribution < 1.29 is 4.92 Å². The summed E-state index contributed by atoms with van der Waals surface area (Å²) in [5.74, 6) is 0.513. The number of nitro benzene ring substituents is 1. The average Bonchev–Trinajstić information content (AvgIpc) is 2.16. The molecule has 0 saturated carbocycles. The summed E-state index contributed by atoms with van der Waals surface area (Å²) in [6.45, 7) is 8.08. The predicted molar refractivity (Wildman–Crippen MR) is 65.3 cm³/mol. The van der Waals surface area contributed by atoms with Crippen LogP contribution >= 0.6 is 0 Å². The van der Waals surface area contributed by atoms with E-state index in [1.165, 1.54) is 12.1 Å². The highest BCUT2D eigenvalue weighted by Crippen LogP contribution is 2.19. The minimum atomic E-state index is -0.406. The van der Waals surface area contributed by atoms with E-state index in [9.17, 15) is 10.1 Å². The number of hydrogen-bond acceptors (Lipinski definition) is 3. The van der Waals surface area contributed by atoms with Gasteiger partial charge in [0.15, 0.2) is 0 Å². The van der Waals surface area contributed by atoms with Gasteiger partial charge in [-0.1, -0.05) is 26.5 Å². The van der Waals surface area contributed by atoms with Gasteiger partial charge >= 0.3 is 0 Å². The summed E-state index contributed by atoms with van der Waals surface area (Å²) in [7, 11) is 0. The van der Waals surface area contributed by atoms with Crippen molar-refractivity contribution in [1.29, 1.82) is 0 Å². The zero-order valence-corrected chi connectivity index (χ0v) is 9.56. The second-order valence-corrected chi connectivity index (χ2v) is 4.13. The van der Waals surface area contributed by atoms with Gasteiger partial charge in [0.25, 0.3) is 5.69 Å². The Bertz CT molecular complexity index is 400. The van der Waals surface area contributed by atoms with E-state index in [1.54, 1.807) is 12.1 Å². The first-order chi connectivity index (χ1) is 7.49. The molecule has 0 aliphatic rings. The Labute approximate surface area is 95.1 Å². The molecule has 0 unspecified atom stereocenters. The quantitative estimate of drug-likeness (QED) is 0.609. The van der Waals surface area contributed by atoms with E-state index in [2.05, 4.69) is 25.7 Å². The number of allylic oxidation sites excluding steroid dienone is 1. The lowest BCUT2D eigenvalue weighted by Crippen LogP contribution is -2.01. The fourth-order valence-corrected chi connectivity index (χ4v) is 1.45. The second kappa shape index (κ2) is 5.30. The summed E-state index contributed by atoms with van der Waals surface area (Å²) < 4.78 is 0. The molecule has 0 aromatic heterocycles. The van der Waals surface area contributed by atoms with Crippen LogP contribution in [0.4, 0.5) is 11.4 Å². The highest BCUT2D eigenvalue weighted by Gasteiger charge is 2.06. The van der Waals surface area contributed by atoms with Crippen LogP contribution in [0.3, 0.4) is 0 Å². The molecular weight excluding hydrogens is 204 g/mol. The topological polar surface area (TPSA) is 55.2 Å². The highest BCUT2D eigenvalue weighted by atomic mass is 16.6. The molecule has 0 radical (unpaired) electrons.